The van der Waals surface area contributed by atoms with Gasteiger partial charge in [-0.05, 0) is 61.8 Å². The van der Waals surface area contributed by atoms with Crippen molar-refractivity contribution in [2.75, 3.05) is 20.7 Å². The molecule has 0 radical (unpaired) electrons. The zero-order valence-corrected chi connectivity index (χ0v) is 17.3. The molecule has 3 aromatic rings. The van der Waals surface area contributed by atoms with Gasteiger partial charge in [0.15, 0.2) is 5.78 Å². The van der Waals surface area contributed by atoms with E-state index in [0.717, 1.165) is 36.2 Å². The van der Waals surface area contributed by atoms with Crippen LogP contribution in [0.2, 0.25) is 5.02 Å². The Morgan fingerprint density at radius 1 is 1.38 bits per heavy atom. The Hall–Kier alpha value is -2.41. The zero-order valence-electron chi connectivity index (χ0n) is 16.6. The summed E-state index contributed by atoms with van der Waals surface area (Å²) in [5.41, 5.74) is 3.86. The molecule has 0 aliphatic carbocycles. The first-order valence-corrected chi connectivity index (χ1v) is 10.1. The third-order valence-electron chi connectivity index (χ3n) is 5.62. The van der Waals surface area contributed by atoms with Gasteiger partial charge in [-0.2, -0.15) is 0 Å². The van der Waals surface area contributed by atoms with E-state index in [0.29, 0.717) is 28.5 Å². The summed E-state index contributed by atoms with van der Waals surface area (Å²) in [6.07, 6.45) is 6.23. The Bertz CT molecular complexity index is 1060. The molecular formula is C22H24ClN3O3. The van der Waals surface area contributed by atoms with Gasteiger partial charge in [-0.15, -0.1) is 0 Å². The van der Waals surface area contributed by atoms with Gasteiger partial charge in [-0.3, -0.25) is 9.69 Å². The number of likely N-dealkylation sites (tertiary alicyclic amines) is 1. The number of aromatic nitrogens is 2. The molecule has 3 heterocycles. The number of pyridine rings is 1. The van der Waals surface area contributed by atoms with Crippen LogP contribution in [0.25, 0.3) is 16.9 Å². The van der Waals surface area contributed by atoms with Crippen molar-refractivity contribution in [3.63, 3.8) is 0 Å². The SMILES string of the molecule is COc1cc(CO)c(-c2cn3ccc(CC(=O)[C@@H]4CCCN4C)cc3n2)cc1Cl. The van der Waals surface area contributed by atoms with Crippen molar-refractivity contribution in [3.05, 3.63) is 52.8 Å². The Kier molecular flexibility index (Phi) is 5.58. The molecule has 29 heavy (non-hydrogen) atoms. The number of benzene rings is 1. The summed E-state index contributed by atoms with van der Waals surface area (Å²) in [4.78, 5) is 19.5. The lowest BCUT2D eigenvalue weighted by atomic mass is 10.0. The fourth-order valence-electron chi connectivity index (χ4n) is 4.02. The van der Waals surface area contributed by atoms with Crippen molar-refractivity contribution >= 4 is 23.0 Å². The van der Waals surface area contributed by atoms with Crippen LogP contribution in [0.3, 0.4) is 0 Å². The molecule has 1 atom stereocenters. The lowest BCUT2D eigenvalue weighted by Crippen LogP contribution is -2.33. The molecule has 0 bridgehead atoms. The molecule has 1 fully saturated rings. The fourth-order valence-corrected chi connectivity index (χ4v) is 4.26. The highest BCUT2D eigenvalue weighted by Crippen LogP contribution is 2.33. The number of aliphatic hydroxyl groups is 1. The highest BCUT2D eigenvalue weighted by Gasteiger charge is 2.27. The number of ketones is 1. The standard InChI is InChI=1S/C22H24ClN3O3/c1-25-6-3-4-19(25)20(28)8-14-5-7-26-12-18(24-22(26)9-14)16-11-17(23)21(29-2)10-15(16)13-27/h5,7,9-12,19,27H,3-4,6,8,13H2,1-2H3/t19-/m0/s1. The molecule has 4 rings (SSSR count). The van der Waals surface area contributed by atoms with Crippen LogP contribution in [0.15, 0.2) is 36.7 Å². The van der Waals surface area contributed by atoms with Crippen molar-refractivity contribution in [1.29, 1.82) is 0 Å². The Morgan fingerprint density at radius 2 is 2.21 bits per heavy atom. The summed E-state index contributed by atoms with van der Waals surface area (Å²) >= 11 is 6.28. The number of rotatable bonds is 6. The Balaban J connectivity index is 1.64. The van der Waals surface area contributed by atoms with Gasteiger partial charge in [0, 0.05) is 24.4 Å². The second-order valence-corrected chi connectivity index (χ2v) is 7.92. The van der Waals surface area contributed by atoms with E-state index in [9.17, 15) is 9.90 Å². The highest BCUT2D eigenvalue weighted by atomic mass is 35.5. The number of ether oxygens (including phenoxy) is 1. The number of methoxy groups -OCH3 is 1. The van der Waals surface area contributed by atoms with Gasteiger partial charge in [0.2, 0.25) is 0 Å². The van der Waals surface area contributed by atoms with Crippen LogP contribution in [-0.2, 0) is 17.8 Å². The van der Waals surface area contributed by atoms with Gasteiger partial charge in [-0.25, -0.2) is 4.98 Å². The van der Waals surface area contributed by atoms with E-state index < -0.39 is 0 Å². The van der Waals surface area contributed by atoms with E-state index in [-0.39, 0.29) is 18.4 Å². The predicted molar refractivity (Wildman–Crippen MR) is 112 cm³/mol. The minimum Gasteiger partial charge on any atom is -0.495 e. The molecule has 152 valence electrons. The first kappa shape index (κ1) is 19.9. The summed E-state index contributed by atoms with van der Waals surface area (Å²) in [5.74, 6) is 0.770. The van der Waals surface area contributed by atoms with Crippen LogP contribution in [0, 0.1) is 0 Å². The monoisotopic (exact) mass is 413 g/mol. The fraction of sp³-hybridized carbons (Fsp3) is 0.364. The molecule has 1 N–H and O–H groups in total. The number of imidazole rings is 1. The maximum atomic E-state index is 12.6. The second-order valence-electron chi connectivity index (χ2n) is 7.51. The summed E-state index contributed by atoms with van der Waals surface area (Å²) in [6.45, 7) is 0.835. The van der Waals surface area contributed by atoms with E-state index in [2.05, 4.69) is 4.90 Å². The summed E-state index contributed by atoms with van der Waals surface area (Å²) < 4.78 is 7.14. The third-order valence-corrected chi connectivity index (χ3v) is 5.91. The van der Waals surface area contributed by atoms with Crippen LogP contribution in [0.4, 0.5) is 0 Å². The van der Waals surface area contributed by atoms with Crippen molar-refractivity contribution in [1.82, 2.24) is 14.3 Å². The minimum absolute atomic E-state index is 0.0232. The molecule has 7 heteroatoms. The second kappa shape index (κ2) is 8.14. The van der Waals surface area contributed by atoms with E-state index in [1.807, 2.05) is 36.0 Å². The number of carbonyl (C=O) groups is 1. The average Bonchev–Trinajstić information content (AvgIpc) is 3.33. The minimum atomic E-state index is -0.147. The molecule has 0 spiro atoms. The van der Waals surface area contributed by atoms with E-state index in [1.165, 1.54) is 0 Å². The first-order chi connectivity index (χ1) is 14.0. The number of likely N-dealkylation sites (N-methyl/N-ethyl adjacent to an activating group) is 1. The normalized spacial score (nSPS) is 17.2. The van der Waals surface area contributed by atoms with Crippen molar-refractivity contribution in [2.24, 2.45) is 0 Å². The topological polar surface area (TPSA) is 67.1 Å². The molecule has 1 aliphatic rings. The summed E-state index contributed by atoms with van der Waals surface area (Å²) in [6, 6.07) is 7.41. The van der Waals surface area contributed by atoms with Gasteiger partial charge in [0.1, 0.15) is 11.4 Å². The number of halogens is 1. The Labute approximate surface area is 174 Å². The van der Waals surface area contributed by atoms with Crippen LogP contribution >= 0.6 is 11.6 Å². The molecule has 0 saturated carbocycles. The van der Waals surface area contributed by atoms with Crippen LogP contribution < -0.4 is 4.74 Å². The zero-order chi connectivity index (χ0) is 20.5. The molecule has 6 nitrogen and oxygen atoms in total. The number of hydrogen-bond donors (Lipinski definition) is 1. The number of nitrogens with zero attached hydrogens (tertiary/aromatic N) is 3. The first-order valence-electron chi connectivity index (χ1n) is 9.68. The molecule has 1 aliphatic heterocycles. The Morgan fingerprint density at radius 3 is 2.90 bits per heavy atom. The van der Waals surface area contributed by atoms with E-state index in [4.69, 9.17) is 21.3 Å². The average molecular weight is 414 g/mol. The lowest BCUT2D eigenvalue weighted by molar-refractivity contribution is -0.122. The van der Waals surface area contributed by atoms with Crippen molar-refractivity contribution in [2.45, 2.75) is 31.9 Å². The van der Waals surface area contributed by atoms with Gasteiger partial charge in [0.05, 0.1) is 30.5 Å². The smallest absolute Gasteiger partial charge is 0.154 e. The molecule has 1 aromatic carbocycles. The van der Waals surface area contributed by atoms with Gasteiger partial charge >= 0.3 is 0 Å². The molecule has 0 unspecified atom stereocenters. The molecule has 1 saturated heterocycles. The number of Topliss-reactive ketones (excluding diaryl/α,β-unsaturated/α-hetero) is 1. The predicted octanol–water partition coefficient (Wildman–Crippen LogP) is 3.36. The quantitative estimate of drug-likeness (QED) is 0.671. The van der Waals surface area contributed by atoms with Crippen molar-refractivity contribution in [3.8, 4) is 17.0 Å². The molecule has 2 aromatic heterocycles. The van der Waals surface area contributed by atoms with Gasteiger partial charge < -0.3 is 14.2 Å². The van der Waals surface area contributed by atoms with Crippen LogP contribution in [-0.4, -0.2) is 51.9 Å². The number of hydrogen-bond acceptors (Lipinski definition) is 5. The number of fused-ring (bicyclic) bond motifs is 1. The summed E-state index contributed by atoms with van der Waals surface area (Å²) in [7, 11) is 3.55. The van der Waals surface area contributed by atoms with Gasteiger partial charge in [-0.1, -0.05) is 11.6 Å². The number of carbonyl (C=O) groups excluding carboxylic acids is 1. The maximum Gasteiger partial charge on any atom is 0.154 e. The third kappa shape index (κ3) is 3.88. The van der Waals surface area contributed by atoms with E-state index in [1.54, 1.807) is 19.2 Å². The van der Waals surface area contributed by atoms with Crippen LogP contribution in [0.1, 0.15) is 24.0 Å². The van der Waals surface area contributed by atoms with Crippen LogP contribution in [0.5, 0.6) is 5.75 Å². The van der Waals surface area contributed by atoms with Crippen molar-refractivity contribution < 1.29 is 14.6 Å². The van der Waals surface area contributed by atoms with Gasteiger partial charge in [0.25, 0.3) is 0 Å². The lowest BCUT2D eigenvalue weighted by Gasteiger charge is -2.17. The number of aliphatic hydroxyl groups excluding tert-OH is 1. The molecular weight excluding hydrogens is 390 g/mol. The maximum absolute atomic E-state index is 12.6. The largest absolute Gasteiger partial charge is 0.495 e. The highest BCUT2D eigenvalue weighted by molar-refractivity contribution is 6.32. The molecule has 0 amide bonds. The van der Waals surface area contributed by atoms with E-state index >= 15 is 0 Å². The summed E-state index contributed by atoms with van der Waals surface area (Å²) in [5, 5.41) is 10.2.